The predicted octanol–water partition coefficient (Wildman–Crippen LogP) is 3.17. The van der Waals surface area contributed by atoms with E-state index in [4.69, 9.17) is 5.73 Å². The molecule has 0 aromatic heterocycles. The summed E-state index contributed by atoms with van der Waals surface area (Å²) in [5, 5.41) is 0. The van der Waals surface area contributed by atoms with Gasteiger partial charge in [-0.05, 0) is 42.4 Å². The van der Waals surface area contributed by atoms with Crippen molar-refractivity contribution in [3.63, 3.8) is 0 Å². The van der Waals surface area contributed by atoms with E-state index in [9.17, 15) is 8.78 Å². The standard InChI is InChI=1S/C12H15F2N/c1-6-3-4-10(15)12-7(2)8(13)5-9(14)11(6)12/h5-6,10H,3-4,15H2,1-2H3/t6?,10-/m1/s1. The highest BCUT2D eigenvalue weighted by molar-refractivity contribution is 5.42. The van der Waals surface area contributed by atoms with Crippen LogP contribution < -0.4 is 5.73 Å². The number of fused-ring (bicyclic) bond motifs is 1. The molecule has 0 spiro atoms. The van der Waals surface area contributed by atoms with Gasteiger partial charge in [0.05, 0.1) is 0 Å². The largest absolute Gasteiger partial charge is 0.324 e. The van der Waals surface area contributed by atoms with Crippen molar-refractivity contribution in [3.8, 4) is 0 Å². The van der Waals surface area contributed by atoms with Crippen LogP contribution in [-0.4, -0.2) is 0 Å². The molecule has 1 nitrogen and oxygen atoms in total. The van der Waals surface area contributed by atoms with Crippen molar-refractivity contribution in [2.24, 2.45) is 5.73 Å². The fourth-order valence-electron chi connectivity index (χ4n) is 2.45. The quantitative estimate of drug-likeness (QED) is 0.700. The molecule has 15 heavy (non-hydrogen) atoms. The van der Waals surface area contributed by atoms with E-state index in [1.807, 2.05) is 6.92 Å². The molecule has 1 aromatic rings. The second-order valence-corrected chi connectivity index (χ2v) is 4.38. The maximum absolute atomic E-state index is 13.6. The Balaban J connectivity index is 2.71. The summed E-state index contributed by atoms with van der Waals surface area (Å²) in [6, 6.07) is 0.754. The molecule has 0 heterocycles. The van der Waals surface area contributed by atoms with E-state index in [2.05, 4.69) is 0 Å². The van der Waals surface area contributed by atoms with Gasteiger partial charge in [0.1, 0.15) is 11.6 Å². The molecular formula is C12H15F2N. The van der Waals surface area contributed by atoms with Crippen molar-refractivity contribution < 1.29 is 8.78 Å². The average molecular weight is 211 g/mol. The molecule has 1 aromatic carbocycles. The van der Waals surface area contributed by atoms with Crippen LogP contribution in [0.2, 0.25) is 0 Å². The summed E-state index contributed by atoms with van der Waals surface area (Å²) in [5.41, 5.74) is 7.72. The van der Waals surface area contributed by atoms with Gasteiger partial charge in [0.15, 0.2) is 0 Å². The maximum atomic E-state index is 13.6. The lowest BCUT2D eigenvalue weighted by atomic mass is 9.79. The molecule has 3 heteroatoms. The van der Waals surface area contributed by atoms with Crippen LogP contribution in [0.25, 0.3) is 0 Å². The first-order valence-corrected chi connectivity index (χ1v) is 5.26. The monoisotopic (exact) mass is 211 g/mol. The van der Waals surface area contributed by atoms with Crippen LogP contribution >= 0.6 is 0 Å². The zero-order valence-electron chi connectivity index (χ0n) is 8.98. The van der Waals surface area contributed by atoms with Gasteiger partial charge in [-0.15, -0.1) is 0 Å². The lowest BCUT2D eigenvalue weighted by molar-refractivity contribution is 0.469. The Morgan fingerprint density at radius 1 is 1.20 bits per heavy atom. The number of hydrogen-bond acceptors (Lipinski definition) is 1. The van der Waals surface area contributed by atoms with Crippen LogP contribution in [0.3, 0.4) is 0 Å². The van der Waals surface area contributed by atoms with E-state index < -0.39 is 11.6 Å². The van der Waals surface area contributed by atoms with Gasteiger partial charge in [0, 0.05) is 12.1 Å². The molecule has 2 N–H and O–H groups in total. The van der Waals surface area contributed by atoms with Crippen LogP contribution in [0.5, 0.6) is 0 Å². The molecule has 2 atom stereocenters. The Kier molecular flexibility index (Phi) is 2.51. The van der Waals surface area contributed by atoms with Crippen LogP contribution in [0.15, 0.2) is 6.07 Å². The van der Waals surface area contributed by atoms with E-state index in [0.29, 0.717) is 16.7 Å². The van der Waals surface area contributed by atoms with Gasteiger partial charge in [0.25, 0.3) is 0 Å². The fraction of sp³-hybridized carbons (Fsp3) is 0.500. The number of rotatable bonds is 0. The highest BCUT2D eigenvalue weighted by atomic mass is 19.1. The van der Waals surface area contributed by atoms with Gasteiger partial charge in [-0.2, -0.15) is 0 Å². The molecule has 1 aliphatic rings. The van der Waals surface area contributed by atoms with Crippen LogP contribution in [0, 0.1) is 18.6 Å². The molecule has 0 fully saturated rings. The van der Waals surface area contributed by atoms with Gasteiger partial charge in [-0.1, -0.05) is 6.92 Å². The van der Waals surface area contributed by atoms with Crippen molar-refractivity contribution in [2.75, 3.05) is 0 Å². The predicted molar refractivity (Wildman–Crippen MR) is 55.7 cm³/mol. The number of hydrogen-bond donors (Lipinski definition) is 1. The Labute approximate surface area is 88.3 Å². The first-order valence-electron chi connectivity index (χ1n) is 5.26. The first kappa shape index (κ1) is 10.6. The molecule has 0 saturated carbocycles. The minimum atomic E-state index is -0.490. The molecule has 1 unspecified atom stereocenters. The fourth-order valence-corrected chi connectivity index (χ4v) is 2.45. The van der Waals surface area contributed by atoms with Crippen molar-refractivity contribution in [1.82, 2.24) is 0 Å². The second-order valence-electron chi connectivity index (χ2n) is 4.38. The van der Waals surface area contributed by atoms with E-state index in [0.717, 1.165) is 18.9 Å². The van der Waals surface area contributed by atoms with Crippen molar-refractivity contribution >= 4 is 0 Å². The summed E-state index contributed by atoms with van der Waals surface area (Å²) >= 11 is 0. The second kappa shape index (κ2) is 3.56. The highest BCUT2D eigenvalue weighted by Gasteiger charge is 2.28. The summed E-state index contributed by atoms with van der Waals surface area (Å²) in [7, 11) is 0. The highest BCUT2D eigenvalue weighted by Crippen LogP contribution is 2.39. The molecule has 0 radical (unpaired) electrons. The summed E-state index contributed by atoms with van der Waals surface area (Å²) in [6.07, 6.45) is 1.67. The lowest BCUT2D eigenvalue weighted by Crippen LogP contribution is -2.22. The number of nitrogens with two attached hydrogens (primary N) is 1. The van der Waals surface area contributed by atoms with Crippen molar-refractivity contribution in [1.29, 1.82) is 0 Å². The molecular weight excluding hydrogens is 196 g/mol. The molecule has 0 saturated heterocycles. The minimum Gasteiger partial charge on any atom is -0.324 e. The average Bonchev–Trinajstić information content (AvgIpc) is 2.18. The third-order valence-corrected chi connectivity index (χ3v) is 3.34. The van der Waals surface area contributed by atoms with E-state index in [1.165, 1.54) is 0 Å². The first-order chi connectivity index (χ1) is 7.02. The van der Waals surface area contributed by atoms with Gasteiger partial charge in [-0.25, -0.2) is 8.78 Å². The van der Waals surface area contributed by atoms with Gasteiger partial charge in [0.2, 0.25) is 0 Å². The maximum Gasteiger partial charge on any atom is 0.129 e. The molecule has 0 amide bonds. The van der Waals surface area contributed by atoms with Crippen molar-refractivity contribution in [3.05, 3.63) is 34.4 Å². The number of benzene rings is 1. The summed E-state index contributed by atoms with van der Waals surface area (Å²) in [4.78, 5) is 0. The Bertz CT molecular complexity index is 401. The summed E-state index contributed by atoms with van der Waals surface area (Å²) in [5.74, 6) is -0.800. The van der Waals surface area contributed by atoms with Crippen molar-refractivity contribution in [2.45, 2.75) is 38.6 Å². The van der Waals surface area contributed by atoms with Gasteiger partial charge >= 0.3 is 0 Å². The topological polar surface area (TPSA) is 26.0 Å². The summed E-state index contributed by atoms with van der Waals surface area (Å²) < 4.78 is 27.0. The zero-order chi connectivity index (χ0) is 11.2. The van der Waals surface area contributed by atoms with Crippen LogP contribution in [0.4, 0.5) is 8.78 Å². The Morgan fingerprint density at radius 2 is 1.87 bits per heavy atom. The van der Waals surface area contributed by atoms with Gasteiger partial charge in [-0.3, -0.25) is 0 Å². The smallest absolute Gasteiger partial charge is 0.129 e. The Morgan fingerprint density at radius 3 is 2.53 bits per heavy atom. The minimum absolute atomic E-state index is 0.138. The van der Waals surface area contributed by atoms with Crippen LogP contribution in [0.1, 0.15) is 48.4 Å². The third kappa shape index (κ3) is 1.55. The molecule has 82 valence electrons. The van der Waals surface area contributed by atoms with E-state index >= 15 is 0 Å². The molecule has 2 rings (SSSR count). The zero-order valence-corrected chi connectivity index (χ0v) is 8.98. The summed E-state index contributed by atoms with van der Waals surface area (Å²) in [6.45, 7) is 3.64. The number of halogens is 2. The molecule has 1 aliphatic carbocycles. The third-order valence-electron chi connectivity index (χ3n) is 3.34. The van der Waals surface area contributed by atoms with Gasteiger partial charge < -0.3 is 5.73 Å². The Hall–Kier alpha value is -0.960. The van der Waals surface area contributed by atoms with Crippen LogP contribution in [-0.2, 0) is 0 Å². The normalized spacial score (nSPS) is 25.1. The lowest BCUT2D eigenvalue weighted by Gasteiger charge is -2.29. The molecule has 0 aliphatic heterocycles. The SMILES string of the molecule is Cc1c(F)cc(F)c2c1[C@H](N)CCC2C. The molecule has 0 bridgehead atoms. The van der Waals surface area contributed by atoms with E-state index in [1.54, 1.807) is 6.92 Å². The van der Waals surface area contributed by atoms with E-state index in [-0.39, 0.29) is 12.0 Å².